The number of carbonyl (C=O) groups is 1. The molecule has 41 heavy (non-hydrogen) atoms. The van der Waals surface area contributed by atoms with E-state index >= 15 is 0 Å². The monoisotopic (exact) mass is 547 g/mol. The Morgan fingerprint density at radius 3 is 2.80 bits per heavy atom. The molecule has 0 unspecified atom stereocenters. The second-order valence-corrected chi connectivity index (χ2v) is 12.9. The molecule has 2 bridgehead atoms. The van der Waals surface area contributed by atoms with Crippen LogP contribution in [0, 0.1) is 5.92 Å². The number of likely N-dealkylation sites (tertiary alicyclic amines) is 1. The Kier molecular flexibility index (Phi) is 4.74. The van der Waals surface area contributed by atoms with Crippen LogP contribution in [0.1, 0.15) is 63.7 Å². The minimum absolute atomic E-state index is 0.0265. The van der Waals surface area contributed by atoms with Crippen LogP contribution in [0.25, 0.3) is 10.9 Å². The number of carbonyl (C=O) groups excluding carboxylic acids is 1. The Balaban J connectivity index is 1.16. The second-order valence-electron chi connectivity index (χ2n) is 12.9. The minimum Gasteiger partial charge on any atom is -0.504 e. The van der Waals surface area contributed by atoms with Crippen LogP contribution in [0.2, 0.25) is 0 Å². The van der Waals surface area contributed by atoms with Crippen molar-refractivity contribution in [3.63, 3.8) is 0 Å². The Labute approximate surface area is 238 Å². The largest absolute Gasteiger partial charge is 0.504 e. The van der Waals surface area contributed by atoms with Crippen LogP contribution in [-0.4, -0.2) is 50.7 Å². The summed E-state index contributed by atoms with van der Waals surface area (Å²) in [5.41, 5.74) is 5.09. The van der Waals surface area contributed by atoms with Gasteiger partial charge in [0.25, 0.3) is 5.91 Å². The van der Waals surface area contributed by atoms with Crippen molar-refractivity contribution in [1.82, 2.24) is 15.2 Å². The molecule has 4 aromatic rings. The topological polar surface area (TPSA) is 97.8 Å². The molecule has 2 aliphatic heterocycles. The molecule has 4 N–H and O–H groups in total. The molecule has 1 amide bonds. The molecule has 3 aliphatic carbocycles. The summed E-state index contributed by atoms with van der Waals surface area (Å²) >= 11 is 0. The highest BCUT2D eigenvalue weighted by Gasteiger charge is 2.72. The molecule has 3 heterocycles. The minimum atomic E-state index is -1.05. The molecule has 9 rings (SSSR count). The predicted octanol–water partition coefficient (Wildman–Crippen LogP) is 4.50. The van der Waals surface area contributed by atoms with E-state index in [4.69, 9.17) is 4.74 Å². The molecule has 7 heteroatoms. The van der Waals surface area contributed by atoms with Gasteiger partial charge in [0.2, 0.25) is 0 Å². The quantitative estimate of drug-likeness (QED) is 0.295. The number of ether oxygens (including phenoxy) is 1. The molecular formula is C34H33N3O4. The van der Waals surface area contributed by atoms with E-state index in [-0.39, 0.29) is 17.7 Å². The number of rotatable bonds is 5. The Morgan fingerprint density at radius 1 is 1.12 bits per heavy atom. The summed E-state index contributed by atoms with van der Waals surface area (Å²) in [6.45, 7) is 2.41. The summed E-state index contributed by atoms with van der Waals surface area (Å²) in [6, 6.07) is 19.4. The average molecular weight is 548 g/mol. The smallest absolute Gasteiger partial charge is 0.251 e. The van der Waals surface area contributed by atoms with Gasteiger partial charge in [0.1, 0.15) is 0 Å². The highest BCUT2D eigenvalue weighted by Crippen LogP contribution is 2.69. The molecule has 1 saturated heterocycles. The molecule has 1 saturated carbocycles. The number of aromatic amines is 1. The fourth-order valence-electron chi connectivity index (χ4n) is 8.64. The third-order valence-electron chi connectivity index (χ3n) is 10.7. The van der Waals surface area contributed by atoms with E-state index in [9.17, 15) is 15.0 Å². The van der Waals surface area contributed by atoms with Crippen LogP contribution >= 0.6 is 0 Å². The number of phenols is 1. The number of hydrogen-bond donors (Lipinski definition) is 4. The average Bonchev–Trinajstić information content (AvgIpc) is 3.63. The van der Waals surface area contributed by atoms with Crippen molar-refractivity contribution in [1.29, 1.82) is 0 Å². The number of hydrogen-bond acceptors (Lipinski definition) is 5. The normalized spacial score (nSPS) is 29.1. The van der Waals surface area contributed by atoms with Crippen molar-refractivity contribution in [3.05, 3.63) is 94.2 Å². The Hall–Kier alpha value is -3.81. The first-order valence-electron chi connectivity index (χ1n) is 14.9. The summed E-state index contributed by atoms with van der Waals surface area (Å²) in [6.07, 6.45) is 4.13. The van der Waals surface area contributed by atoms with Gasteiger partial charge in [-0.1, -0.05) is 36.4 Å². The van der Waals surface area contributed by atoms with Crippen LogP contribution in [0.4, 0.5) is 0 Å². The number of phenolic OH excluding ortho intramolecular Hbond substituents is 1. The van der Waals surface area contributed by atoms with Gasteiger partial charge in [-0.15, -0.1) is 0 Å². The third-order valence-corrected chi connectivity index (χ3v) is 10.7. The van der Waals surface area contributed by atoms with Crippen LogP contribution in [0.3, 0.4) is 0 Å². The van der Waals surface area contributed by atoms with E-state index < -0.39 is 17.1 Å². The number of nitrogens with one attached hydrogen (secondary N) is 2. The van der Waals surface area contributed by atoms with E-state index in [0.29, 0.717) is 24.3 Å². The summed E-state index contributed by atoms with van der Waals surface area (Å²) in [5.74, 6) is 1.28. The van der Waals surface area contributed by atoms with Crippen LogP contribution in [0.15, 0.2) is 60.7 Å². The van der Waals surface area contributed by atoms with Gasteiger partial charge in [0.05, 0.1) is 16.7 Å². The highest BCUT2D eigenvalue weighted by molar-refractivity contribution is 5.99. The molecule has 2 fully saturated rings. The maximum Gasteiger partial charge on any atom is 0.251 e. The Morgan fingerprint density at radius 2 is 1.98 bits per heavy atom. The van der Waals surface area contributed by atoms with Crippen molar-refractivity contribution in [3.8, 4) is 11.5 Å². The van der Waals surface area contributed by atoms with Gasteiger partial charge >= 0.3 is 0 Å². The molecule has 4 atom stereocenters. The van der Waals surface area contributed by atoms with Crippen molar-refractivity contribution in [2.24, 2.45) is 5.92 Å². The number of piperidine rings is 1. The Bertz CT molecular complexity index is 1740. The lowest BCUT2D eigenvalue weighted by Gasteiger charge is -2.62. The van der Waals surface area contributed by atoms with Crippen LogP contribution in [-0.2, 0) is 24.8 Å². The van der Waals surface area contributed by atoms with E-state index in [0.717, 1.165) is 65.1 Å². The first-order chi connectivity index (χ1) is 20.0. The van der Waals surface area contributed by atoms with Gasteiger partial charge in [0, 0.05) is 47.6 Å². The van der Waals surface area contributed by atoms with Crippen molar-refractivity contribution in [2.45, 2.75) is 61.8 Å². The zero-order chi connectivity index (χ0) is 27.5. The summed E-state index contributed by atoms with van der Waals surface area (Å²) in [4.78, 5) is 19.4. The molecule has 208 valence electrons. The van der Waals surface area contributed by atoms with Gasteiger partial charge in [-0.3, -0.25) is 9.69 Å². The number of amides is 1. The fourth-order valence-corrected chi connectivity index (χ4v) is 8.64. The van der Waals surface area contributed by atoms with Crippen molar-refractivity contribution in [2.75, 3.05) is 13.1 Å². The molecular weight excluding hydrogens is 514 g/mol. The van der Waals surface area contributed by atoms with Gasteiger partial charge in [-0.05, 0) is 79.1 Å². The van der Waals surface area contributed by atoms with E-state index in [1.54, 1.807) is 6.07 Å². The molecule has 5 aliphatic rings. The van der Waals surface area contributed by atoms with Crippen molar-refractivity contribution < 1.29 is 19.7 Å². The molecule has 7 nitrogen and oxygen atoms in total. The molecule has 3 aromatic carbocycles. The number of fused-ring (bicyclic) bond motifs is 4. The molecule has 1 spiro atoms. The first-order valence-corrected chi connectivity index (χ1v) is 14.9. The van der Waals surface area contributed by atoms with Crippen LogP contribution < -0.4 is 10.1 Å². The fraction of sp³-hybridized carbons (Fsp3) is 0.382. The van der Waals surface area contributed by atoms with E-state index in [2.05, 4.69) is 15.2 Å². The summed E-state index contributed by atoms with van der Waals surface area (Å²) < 4.78 is 6.69. The standard InChI is InChI=1S/C34H33N3O4/c38-26-11-9-21-15-27-34(40)16-24-23-14-22(32(39)35-17-19-4-2-1-3-5-19)8-10-25(23)36-29(24)31-33(34,28(21)30(26)41-31)12-13-37(27)18-20-6-7-20/h1-5,8-11,14,20,27,31,36,38,40H,6-7,12-13,15-18H2,(H,35,39)/t27-,31-,33-,34+/m0/s1. The van der Waals surface area contributed by atoms with Gasteiger partial charge < -0.3 is 25.3 Å². The predicted molar refractivity (Wildman–Crippen MR) is 154 cm³/mol. The zero-order valence-corrected chi connectivity index (χ0v) is 22.8. The summed E-state index contributed by atoms with van der Waals surface area (Å²) in [5, 5.41) is 27.9. The van der Waals surface area contributed by atoms with E-state index in [1.807, 2.05) is 54.6 Å². The number of benzene rings is 3. The highest BCUT2D eigenvalue weighted by atomic mass is 16.5. The third kappa shape index (κ3) is 3.13. The van der Waals surface area contributed by atoms with Gasteiger partial charge in [-0.2, -0.15) is 0 Å². The van der Waals surface area contributed by atoms with E-state index in [1.165, 1.54) is 18.4 Å². The second kappa shape index (κ2) is 8.14. The number of aliphatic hydroxyl groups is 1. The first kappa shape index (κ1) is 23.9. The number of aromatic nitrogens is 1. The van der Waals surface area contributed by atoms with Gasteiger partial charge in [-0.25, -0.2) is 0 Å². The lowest BCUT2D eigenvalue weighted by molar-refractivity contribution is -0.173. The number of H-pyrrole nitrogens is 1. The maximum absolute atomic E-state index is 13.2. The molecule has 1 aromatic heterocycles. The van der Waals surface area contributed by atoms with Gasteiger partial charge in [0.15, 0.2) is 17.6 Å². The summed E-state index contributed by atoms with van der Waals surface area (Å²) in [7, 11) is 0. The SMILES string of the molecule is O=C(NCc1ccccc1)c1ccc2[nH]c3c(c2c1)C[C@@]1(O)[C@@H]2Cc4ccc(O)c5c4[C@@]1(CCN2CC1CC1)[C@H]3O5. The lowest BCUT2D eigenvalue weighted by Crippen LogP contribution is -2.74. The van der Waals surface area contributed by atoms with Crippen molar-refractivity contribution >= 4 is 16.8 Å². The lowest BCUT2D eigenvalue weighted by atomic mass is 9.49. The maximum atomic E-state index is 13.2. The molecule has 0 radical (unpaired) electrons. The number of aromatic hydroxyl groups is 1. The number of nitrogens with zero attached hydrogens (tertiary/aromatic N) is 1. The van der Waals surface area contributed by atoms with Crippen LogP contribution in [0.5, 0.6) is 11.5 Å². The zero-order valence-electron chi connectivity index (χ0n) is 22.8.